The van der Waals surface area contributed by atoms with Gasteiger partial charge in [0.1, 0.15) is 0 Å². The van der Waals surface area contributed by atoms with E-state index in [1.807, 2.05) is 24.3 Å². The summed E-state index contributed by atoms with van der Waals surface area (Å²) < 4.78 is 0. The summed E-state index contributed by atoms with van der Waals surface area (Å²) in [6.45, 7) is 4.16. The van der Waals surface area contributed by atoms with Crippen molar-refractivity contribution in [2.24, 2.45) is 0 Å². The van der Waals surface area contributed by atoms with E-state index in [0.717, 1.165) is 11.1 Å². The van der Waals surface area contributed by atoms with Gasteiger partial charge in [-0.3, -0.25) is 0 Å². The third-order valence-electron chi connectivity index (χ3n) is 3.17. The average Bonchev–Trinajstić information content (AvgIpc) is 2.26. The Morgan fingerprint density at radius 2 is 0.842 bits per heavy atom. The van der Waals surface area contributed by atoms with Crippen molar-refractivity contribution < 1.29 is 0 Å². The smallest absolute Gasteiger partial charge is 0.0423 e. The standard InChI is InChI=1S/C15H12Cl4/c1-15(2,9-3-11(16)7-12(17)4-9)10-5-13(18)8-14(19)6-10/h3-8H,1-2H3. The van der Waals surface area contributed by atoms with Gasteiger partial charge >= 0.3 is 0 Å². The maximum Gasteiger partial charge on any atom is 0.0423 e. The van der Waals surface area contributed by atoms with Crippen LogP contribution in [0.1, 0.15) is 25.0 Å². The number of hydrogen-bond donors (Lipinski definition) is 0. The van der Waals surface area contributed by atoms with Crippen LogP contribution < -0.4 is 0 Å². The van der Waals surface area contributed by atoms with Crippen molar-refractivity contribution in [2.45, 2.75) is 19.3 Å². The van der Waals surface area contributed by atoms with Gasteiger partial charge in [0.15, 0.2) is 0 Å². The van der Waals surface area contributed by atoms with Gasteiger partial charge in [0, 0.05) is 25.5 Å². The van der Waals surface area contributed by atoms with Crippen LogP contribution in [-0.2, 0) is 5.41 Å². The molecule has 0 N–H and O–H groups in total. The van der Waals surface area contributed by atoms with Gasteiger partial charge in [0.2, 0.25) is 0 Å². The van der Waals surface area contributed by atoms with Crippen LogP contribution in [0.25, 0.3) is 0 Å². The number of rotatable bonds is 2. The van der Waals surface area contributed by atoms with Crippen LogP contribution in [-0.4, -0.2) is 0 Å². The average molecular weight is 334 g/mol. The highest BCUT2D eigenvalue weighted by Crippen LogP contribution is 2.36. The van der Waals surface area contributed by atoms with E-state index < -0.39 is 0 Å². The Hall–Kier alpha value is -0.400. The van der Waals surface area contributed by atoms with Crippen LogP contribution in [0.5, 0.6) is 0 Å². The largest absolute Gasteiger partial charge is 0.0843 e. The number of halogens is 4. The van der Waals surface area contributed by atoms with E-state index in [4.69, 9.17) is 46.4 Å². The van der Waals surface area contributed by atoms with E-state index in [1.54, 1.807) is 12.1 Å². The van der Waals surface area contributed by atoms with Crippen molar-refractivity contribution >= 4 is 46.4 Å². The molecule has 0 atom stereocenters. The lowest BCUT2D eigenvalue weighted by Crippen LogP contribution is -2.19. The third kappa shape index (κ3) is 3.38. The van der Waals surface area contributed by atoms with Gasteiger partial charge in [-0.25, -0.2) is 0 Å². The molecule has 0 heterocycles. The lowest BCUT2D eigenvalue weighted by atomic mass is 9.78. The summed E-state index contributed by atoms with van der Waals surface area (Å²) in [7, 11) is 0. The Morgan fingerprint density at radius 3 is 1.11 bits per heavy atom. The molecule has 0 fully saturated rings. The monoisotopic (exact) mass is 332 g/mol. The van der Waals surface area contributed by atoms with E-state index in [9.17, 15) is 0 Å². The maximum absolute atomic E-state index is 6.07. The van der Waals surface area contributed by atoms with Crippen molar-refractivity contribution in [2.75, 3.05) is 0 Å². The molecule has 100 valence electrons. The van der Waals surface area contributed by atoms with Crippen molar-refractivity contribution in [3.63, 3.8) is 0 Å². The molecule has 19 heavy (non-hydrogen) atoms. The Bertz CT molecular complexity index is 524. The SMILES string of the molecule is CC(C)(c1cc(Cl)cc(Cl)c1)c1cc(Cl)cc(Cl)c1. The Balaban J connectivity index is 2.57. The summed E-state index contributed by atoms with van der Waals surface area (Å²) in [5.41, 5.74) is 1.75. The predicted octanol–water partition coefficient (Wildman–Crippen LogP) is 6.63. The molecule has 4 heteroatoms. The molecule has 0 bridgehead atoms. The molecule has 0 saturated heterocycles. The fourth-order valence-corrected chi connectivity index (χ4v) is 3.05. The zero-order chi connectivity index (χ0) is 14.2. The van der Waals surface area contributed by atoms with E-state index in [2.05, 4.69) is 13.8 Å². The number of hydrogen-bond acceptors (Lipinski definition) is 0. The minimum absolute atomic E-state index is 0.289. The van der Waals surface area contributed by atoms with Crippen molar-refractivity contribution in [3.05, 3.63) is 67.6 Å². The van der Waals surface area contributed by atoms with Crippen LogP contribution in [0.15, 0.2) is 36.4 Å². The summed E-state index contributed by atoms with van der Waals surface area (Å²) in [5.74, 6) is 0. The van der Waals surface area contributed by atoms with Gasteiger partial charge in [-0.1, -0.05) is 60.3 Å². The van der Waals surface area contributed by atoms with E-state index in [1.165, 1.54) is 0 Å². The normalized spacial score (nSPS) is 11.7. The Labute approximate surface area is 133 Å². The van der Waals surface area contributed by atoms with Gasteiger partial charge in [-0.2, -0.15) is 0 Å². The van der Waals surface area contributed by atoms with Crippen LogP contribution >= 0.6 is 46.4 Å². The first-order valence-corrected chi connectivity index (χ1v) is 7.23. The molecule has 2 aromatic carbocycles. The second-order valence-electron chi connectivity index (χ2n) is 4.94. The van der Waals surface area contributed by atoms with Crippen molar-refractivity contribution in [1.29, 1.82) is 0 Å². The van der Waals surface area contributed by atoms with E-state index in [-0.39, 0.29) is 5.41 Å². The Morgan fingerprint density at radius 1 is 0.579 bits per heavy atom. The van der Waals surface area contributed by atoms with Gasteiger partial charge in [0.05, 0.1) is 0 Å². The molecule has 0 aliphatic heterocycles. The number of benzene rings is 2. The van der Waals surface area contributed by atoms with Crippen LogP contribution in [0.4, 0.5) is 0 Å². The molecule has 0 saturated carbocycles. The van der Waals surface area contributed by atoms with Crippen LogP contribution in [0.2, 0.25) is 20.1 Å². The molecule has 2 aromatic rings. The molecule has 2 rings (SSSR count). The molecule has 0 amide bonds. The van der Waals surface area contributed by atoms with Gasteiger partial charge in [0.25, 0.3) is 0 Å². The predicted molar refractivity (Wildman–Crippen MR) is 85.1 cm³/mol. The first-order valence-electron chi connectivity index (χ1n) is 5.72. The molecular formula is C15H12Cl4. The summed E-state index contributed by atoms with van der Waals surface area (Å²) in [5, 5.41) is 2.46. The fraction of sp³-hybridized carbons (Fsp3) is 0.200. The summed E-state index contributed by atoms with van der Waals surface area (Å²) in [4.78, 5) is 0. The zero-order valence-electron chi connectivity index (χ0n) is 10.5. The van der Waals surface area contributed by atoms with Gasteiger partial charge in [-0.05, 0) is 47.5 Å². The second-order valence-corrected chi connectivity index (χ2v) is 6.69. The van der Waals surface area contributed by atoms with E-state index >= 15 is 0 Å². The lowest BCUT2D eigenvalue weighted by Gasteiger charge is -2.27. The van der Waals surface area contributed by atoms with E-state index in [0.29, 0.717) is 20.1 Å². The van der Waals surface area contributed by atoms with Crippen LogP contribution in [0, 0.1) is 0 Å². The maximum atomic E-state index is 6.07. The zero-order valence-corrected chi connectivity index (χ0v) is 13.5. The molecule has 0 radical (unpaired) electrons. The molecular weight excluding hydrogens is 322 g/mol. The minimum atomic E-state index is -0.289. The molecule has 0 aliphatic rings. The molecule has 0 spiro atoms. The van der Waals surface area contributed by atoms with Crippen molar-refractivity contribution in [3.8, 4) is 0 Å². The first-order chi connectivity index (χ1) is 8.79. The van der Waals surface area contributed by atoms with Crippen molar-refractivity contribution in [1.82, 2.24) is 0 Å². The lowest BCUT2D eigenvalue weighted by molar-refractivity contribution is 0.641. The second kappa shape index (κ2) is 5.54. The first kappa shape index (κ1) is 15.0. The topological polar surface area (TPSA) is 0 Å². The van der Waals surface area contributed by atoms with Crippen LogP contribution in [0.3, 0.4) is 0 Å². The molecule has 0 unspecified atom stereocenters. The van der Waals surface area contributed by atoms with Gasteiger partial charge < -0.3 is 0 Å². The quantitative estimate of drug-likeness (QED) is 0.578. The molecule has 0 aliphatic carbocycles. The Kier molecular flexibility index (Phi) is 4.37. The molecule has 0 aromatic heterocycles. The summed E-state index contributed by atoms with van der Waals surface area (Å²) >= 11 is 24.3. The van der Waals surface area contributed by atoms with Gasteiger partial charge in [-0.15, -0.1) is 0 Å². The summed E-state index contributed by atoms with van der Waals surface area (Å²) in [6.07, 6.45) is 0. The molecule has 0 nitrogen and oxygen atoms in total. The highest BCUT2D eigenvalue weighted by Gasteiger charge is 2.24. The fourth-order valence-electron chi connectivity index (χ4n) is 2.00. The summed E-state index contributed by atoms with van der Waals surface area (Å²) in [6, 6.07) is 11.1. The highest BCUT2D eigenvalue weighted by molar-refractivity contribution is 6.35. The third-order valence-corrected chi connectivity index (χ3v) is 4.04. The highest BCUT2D eigenvalue weighted by atomic mass is 35.5. The minimum Gasteiger partial charge on any atom is -0.0843 e.